The Hall–Kier alpha value is -0.590. The van der Waals surface area contributed by atoms with Crippen LogP contribution in [-0.2, 0) is 0 Å². The molecule has 0 aromatic carbocycles. The third kappa shape index (κ3) is 1.67. The van der Waals surface area contributed by atoms with Crippen molar-refractivity contribution in [3.05, 3.63) is 0 Å². The molecule has 2 N–H and O–H groups in total. The number of hydrogen-bond donors (Lipinski definition) is 2. The highest BCUT2D eigenvalue weighted by Crippen LogP contribution is 2.39. The maximum Gasteiger partial charge on any atom is 0.0624 e. The van der Waals surface area contributed by atoms with Crippen LogP contribution in [0.5, 0.6) is 0 Å². The van der Waals surface area contributed by atoms with Crippen molar-refractivity contribution in [2.75, 3.05) is 6.54 Å². The third-order valence-corrected chi connectivity index (χ3v) is 1.78. The molecule has 0 spiro atoms. The maximum atomic E-state index is 8.23. The van der Waals surface area contributed by atoms with Gasteiger partial charge in [0, 0.05) is 13.0 Å². The van der Waals surface area contributed by atoms with Crippen LogP contribution in [-0.4, -0.2) is 11.8 Å². The molecule has 0 saturated heterocycles. The molecular formula is C6H10N2O. The predicted octanol–water partition coefficient (Wildman–Crippen LogP) is 0.515. The minimum absolute atomic E-state index is 0.551. The Morgan fingerprint density at radius 2 is 2.44 bits per heavy atom. The van der Waals surface area contributed by atoms with E-state index in [9.17, 15) is 0 Å². The molecule has 0 bridgehead atoms. The second-order valence-corrected chi connectivity index (χ2v) is 2.48. The Balaban J connectivity index is 2.04. The number of nitrogens with one attached hydrogen (secondary N) is 1. The Labute approximate surface area is 54.2 Å². The van der Waals surface area contributed by atoms with E-state index in [-0.39, 0.29) is 0 Å². The quantitative estimate of drug-likeness (QED) is 0.542. The summed E-state index contributed by atoms with van der Waals surface area (Å²) in [5, 5.41) is 16.5. The molecule has 0 radical (unpaired) electrons. The van der Waals surface area contributed by atoms with E-state index in [0.717, 1.165) is 6.42 Å². The van der Waals surface area contributed by atoms with E-state index < -0.39 is 0 Å². The lowest BCUT2D eigenvalue weighted by Crippen LogP contribution is -2.11. The van der Waals surface area contributed by atoms with E-state index in [0.29, 0.717) is 24.8 Å². The van der Waals surface area contributed by atoms with Crippen molar-refractivity contribution in [3.63, 3.8) is 0 Å². The summed E-state index contributed by atoms with van der Waals surface area (Å²) in [6.45, 7) is 0.645. The van der Waals surface area contributed by atoms with Gasteiger partial charge in [0.2, 0.25) is 0 Å². The average Bonchev–Trinajstić information content (AvgIpc) is 2.50. The van der Waals surface area contributed by atoms with Crippen LogP contribution in [0.25, 0.3) is 0 Å². The first kappa shape index (κ1) is 6.53. The number of hydrogen-bond acceptors (Lipinski definition) is 3. The Kier molecular flexibility index (Phi) is 2.04. The van der Waals surface area contributed by atoms with Gasteiger partial charge in [0.1, 0.15) is 0 Å². The van der Waals surface area contributed by atoms with Gasteiger partial charge in [0.25, 0.3) is 0 Å². The first-order valence-corrected chi connectivity index (χ1v) is 3.12. The lowest BCUT2D eigenvalue weighted by Gasteiger charge is -1.91. The van der Waals surface area contributed by atoms with E-state index in [2.05, 4.69) is 11.5 Å². The van der Waals surface area contributed by atoms with Crippen LogP contribution in [0.3, 0.4) is 0 Å². The SMILES string of the molecule is N#CC[C@H]1C[C@H]1CNO. The smallest absolute Gasteiger partial charge is 0.0624 e. The van der Waals surface area contributed by atoms with Crippen LogP contribution < -0.4 is 5.48 Å². The molecule has 0 unspecified atom stereocenters. The molecule has 1 saturated carbocycles. The molecule has 0 aromatic rings. The van der Waals surface area contributed by atoms with Crippen molar-refractivity contribution >= 4 is 0 Å². The van der Waals surface area contributed by atoms with Crippen LogP contribution in [0.15, 0.2) is 0 Å². The fraction of sp³-hybridized carbons (Fsp3) is 0.833. The molecule has 9 heavy (non-hydrogen) atoms. The largest absolute Gasteiger partial charge is 0.317 e. The van der Waals surface area contributed by atoms with Gasteiger partial charge >= 0.3 is 0 Å². The fourth-order valence-corrected chi connectivity index (χ4v) is 1.04. The number of hydroxylamine groups is 1. The van der Waals surface area contributed by atoms with Gasteiger partial charge in [-0.15, -0.1) is 0 Å². The zero-order chi connectivity index (χ0) is 6.69. The maximum absolute atomic E-state index is 8.23. The van der Waals surface area contributed by atoms with Crippen molar-refractivity contribution in [1.29, 1.82) is 5.26 Å². The van der Waals surface area contributed by atoms with Gasteiger partial charge in [-0.2, -0.15) is 5.26 Å². The van der Waals surface area contributed by atoms with Crippen molar-refractivity contribution in [3.8, 4) is 6.07 Å². The molecular weight excluding hydrogens is 116 g/mol. The summed E-state index contributed by atoms with van der Waals surface area (Å²) >= 11 is 0. The molecule has 0 amide bonds. The van der Waals surface area contributed by atoms with E-state index in [4.69, 9.17) is 10.5 Å². The van der Waals surface area contributed by atoms with Gasteiger partial charge in [-0.3, -0.25) is 0 Å². The van der Waals surface area contributed by atoms with Crippen molar-refractivity contribution < 1.29 is 5.21 Å². The van der Waals surface area contributed by atoms with Crippen LogP contribution in [0.4, 0.5) is 0 Å². The van der Waals surface area contributed by atoms with Gasteiger partial charge in [-0.05, 0) is 18.3 Å². The molecule has 0 heterocycles. The summed E-state index contributed by atoms with van der Waals surface area (Å²) < 4.78 is 0. The second-order valence-electron chi connectivity index (χ2n) is 2.48. The highest BCUT2D eigenvalue weighted by molar-refractivity contribution is 4.92. The Bertz CT molecular complexity index is 130. The molecule has 1 rings (SSSR count). The average molecular weight is 126 g/mol. The van der Waals surface area contributed by atoms with Gasteiger partial charge in [-0.25, -0.2) is 5.48 Å². The van der Waals surface area contributed by atoms with Crippen LogP contribution in [0.1, 0.15) is 12.8 Å². The number of nitriles is 1. The molecule has 1 aliphatic carbocycles. The normalized spacial score (nSPS) is 31.6. The summed E-state index contributed by atoms with van der Waals surface area (Å²) in [5.41, 5.74) is 2.11. The van der Waals surface area contributed by atoms with Crippen molar-refractivity contribution in [2.45, 2.75) is 12.8 Å². The lowest BCUT2D eigenvalue weighted by molar-refractivity contribution is 0.160. The summed E-state index contributed by atoms with van der Waals surface area (Å²) in [6, 6.07) is 2.11. The van der Waals surface area contributed by atoms with E-state index >= 15 is 0 Å². The van der Waals surface area contributed by atoms with Crippen molar-refractivity contribution in [1.82, 2.24) is 5.48 Å². The Morgan fingerprint density at radius 1 is 1.67 bits per heavy atom. The summed E-state index contributed by atoms with van der Waals surface area (Å²) in [6.07, 6.45) is 1.74. The van der Waals surface area contributed by atoms with E-state index in [1.807, 2.05) is 0 Å². The standard InChI is InChI=1S/C6H10N2O/c7-2-1-5-3-6(5)4-8-9/h5-6,8-9H,1,3-4H2/t5-,6-/m0/s1. The number of rotatable bonds is 3. The van der Waals surface area contributed by atoms with Gasteiger partial charge in [0.05, 0.1) is 6.07 Å². The fourth-order valence-electron chi connectivity index (χ4n) is 1.04. The first-order valence-electron chi connectivity index (χ1n) is 3.12. The zero-order valence-electron chi connectivity index (χ0n) is 5.17. The van der Waals surface area contributed by atoms with E-state index in [1.165, 1.54) is 0 Å². The Morgan fingerprint density at radius 3 is 3.00 bits per heavy atom. The van der Waals surface area contributed by atoms with Gasteiger partial charge in [-0.1, -0.05) is 0 Å². The van der Waals surface area contributed by atoms with Crippen molar-refractivity contribution in [2.24, 2.45) is 11.8 Å². The zero-order valence-corrected chi connectivity index (χ0v) is 5.17. The van der Waals surface area contributed by atoms with E-state index in [1.54, 1.807) is 0 Å². The topological polar surface area (TPSA) is 56.0 Å². The van der Waals surface area contributed by atoms with Crippen LogP contribution in [0.2, 0.25) is 0 Å². The second kappa shape index (κ2) is 2.81. The molecule has 3 heteroatoms. The monoisotopic (exact) mass is 126 g/mol. The summed E-state index contributed by atoms with van der Waals surface area (Å²) in [5.74, 6) is 1.10. The van der Waals surface area contributed by atoms with Gasteiger partial charge < -0.3 is 5.21 Å². The highest BCUT2D eigenvalue weighted by Gasteiger charge is 2.35. The van der Waals surface area contributed by atoms with Crippen LogP contribution >= 0.6 is 0 Å². The number of nitrogens with zero attached hydrogens (tertiary/aromatic N) is 1. The van der Waals surface area contributed by atoms with Gasteiger partial charge in [0.15, 0.2) is 0 Å². The highest BCUT2D eigenvalue weighted by atomic mass is 16.5. The minimum Gasteiger partial charge on any atom is -0.317 e. The molecule has 0 aliphatic heterocycles. The minimum atomic E-state index is 0.551. The predicted molar refractivity (Wildman–Crippen MR) is 31.6 cm³/mol. The summed E-state index contributed by atoms with van der Waals surface area (Å²) in [4.78, 5) is 0. The molecule has 3 nitrogen and oxygen atoms in total. The lowest BCUT2D eigenvalue weighted by atomic mass is 10.2. The molecule has 1 fully saturated rings. The first-order chi connectivity index (χ1) is 4.38. The van der Waals surface area contributed by atoms with Crippen LogP contribution in [0, 0.1) is 23.2 Å². The molecule has 0 aromatic heterocycles. The molecule has 2 atom stereocenters. The molecule has 50 valence electrons. The molecule has 1 aliphatic rings. The summed E-state index contributed by atoms with van der Waals surface area (Å²) in [7, 11) is 0. The third-order valence-electron chi connectivity index (χ3n) is 1.78.